The number of hydrogen-bond donors (Lipinski definition) is 2. The molecular formula is C22H24N2O4. The highest BCUT2D eigenvalue weighted by Crippen LogP contribution is 2.31. The molecule has 0 spiro atoms. The third-order valence-corrected chi connectivity index (χ3v) is 4.62. The molecule has 0 unspecified atom stereocenters. The normalized spacial score (nSPS) is 10.7. The molecule has 0 atom stereocenters. The Labute approximate surface area is 163 Å². The van der Waals surface area contributed by atoms with Gasteiger partial charge in [0.2, 0.25) is 0 Å². The van der Waals surface area contributed by atoms with Crippen molar-refractivity contribution in [2.45, 2.75) is 20.3 Å². The van der Waals surface area contributed by atoms with Crippen molar-refractivity contribution in [3.05, 3.63) is 69.0 Å². The van der Waals surface area contributed by atoms with Gasteiger partial charge < -0.3 is 19.8 Å². The van der Waals surface area contributed by atoms with Gasteiger partial charge in [0.15, 0.2) is 0 Å². The number of amides is 1. The molecule has 3 aromatic rings. The van der Waals surface area contributed by atoms with Crippen molar-refractivity contribution >= 4 is 16.8 Å². The standard InChI is InChI=1S/C22H24N2O4/c1-13-9-14(2)11-16(10-13)21(25)23-8-7-15-12-17-18(27-3)5-6-19(28-4)20(17)24-22(15)26/h5-6,9-12H,7-8H2,1-4H3,(H,23,25)(H,24,26). The van der Waals surface area contributed by atoms with Crippen LogP contribution in [0.5, 0.6) is 11.5 Å². The smallest absolute Gasteiger partial charge is 0.251 e. The topological polar surface area (TPSA) is 80.4 Å². The second-order valence-electron chi connectivity index (χ2n) is 6.76. The van der Waals surface area contributed by atoms with Gasteiger partial charge in [-0.1, -0.05) is 17.2 Å². The van der Waals surface area contributed by atoms with Crippen molar-refractivity contribution in [3.8, 4) is 11.5 Å². The number of methoxy groups -OCH3 is 2. The zero-order valence-corrected chi connectivity index (χ0v) is 16.5. The lowest BCUT2D eigenvalue weighted by Crippen LogP contribution is -2.27. The molecule has 0 aliphatic heterocycles. The number of aromatic nitrogens is 1. The quantitative estimate of drug-likeness (QED) is 0.688. The number of fused-ring (bicyclic) bond motifs is 1. The third-order valence-electron chi connectivity index (χ3n) is 4.62. The Balaban J connectivity index is 1.80. The lowest BCUT2D eigenvalue weighted by atomic mass is 10.1. The molecule has 0 saturated carbocycles. The summed E-state index contributed by atoms with van der Waals surface area (Å²) in [5, 5.41) is 3.64. The zero-order chi connectivity index (χ0) is 20.3. The number of nitrogens with one attached hydrogen (secondary N) is 2. The number of pyridine rings is 1. The lowest BCUT2D eigenvalue weighted by Gasteiger charge is -2.11. The molecule has 2 aromatic carbocycles. The SMILES string of the molecule is COc1ccc(OC)c2[nH]c(=O)c(CCNC(=O)c3cc(C)cc(C)c3)cc12. The summed E-state index contributed by atoms with van der Waals surface area (Å²) in [4.78, 5) is 27.7. The molecule has 1 aromatic heterocycles. The third kappa shape index (κ3) is 4.01. The molecule has 0 saturated heterocycles. The van der Waals surface area contributed by atoms with Gasteiger partial charge in [-0.15, -0.1) is 0 Å². The van der Waals surface area contributed by atoms with Crippen molar-refractivity contribution in [1.29, 1.82) is 0 Å². The van der Waals surface area contributed by atoms with E-state index in [0.29, 0.717) is 41.1 Å². The number of ether oxygens (including phenoxy) is 2. The second-order valence-corrected chi connectivity index (χ2v) is 6.76. The Bertz CT molecular complexity index is 1070. The van der Waals surface area contributed by atoms with Crippen LogP contribution in [-0.4, -0.2) is 31.7 Å². The summed E-state index contributed by atoms with van der Waals surface area (Å²) in [5.74, 6) is 1.07. The zero-order valence-electron chi connectivity index (χ0n) is 16.5. The van der Waals surface area contributed by atoms with Gasteiger partial charge in [0, 0.05) is 23.1 Å². The van der Waals surface area contributed by atoms with Crippen LogP contribution in [0.25, 0.3) is 10.9 Å². The molecule has 146 valence electrons. The number of H-pyrrole nitrogens is 1. The highest BCUT2D eigenvalue weighted by atomic mass is 16.5. The number of rotatable bonds is 6. The first-order valence-corrected chi connectivity index (χ1v) is 9.06. The number of benzene rings is 2. The van der Waals surface area contributed by atoms with Crippen molar-refractivity contribution in [1.82, 2.24) is 10.3 Å². The maximum atomic E-state index is 12.5. The minimum absolute atomic E-state index is 0.150. The van der Waals surface area contributed by atoms with Crippen molar-refractivity contribution in [2.24, 2.45) is 0 Å². The van der Waals surface area contributed by atoms with Crippen LogP contribution < -0.4 is 20.3 Å². The van der Waals surface area contributed by atoms with Crippen LogP contribution in [0, 0.1) is 13.8 Å². The van der Waals surface area contributed by atoms with E-state index in [9.17, 15) is 9.59 Å². The first-order chi connectivity index (χ1) is 13.4. The van der Waals surface area contributed by atoms with Gasteiger partial charge in [-0.2, -0.15) is 0 Å². The highest BCUT2D eigenvalue weighted by molar-refractivity contribution is 5.94. The van der Waals surface area contributed by atoms with Crippen LogP contribution in [0.4, 0.5) is 0 Å². The molecule has 3 rings (SSSR count). The number of aromatic amines is 1. The van der Waals surface area contributed by atoms with E-state index in [1.807, 2.05) is 32.0 Å². The number of hydrogen-bond acceptors (Lipinski definition) is 4. The number of carbonyl (C=O) groups is 1. The average molecular weight is 380 g/mol. The fourth-order valence-electron chi connectivity index (χ4n) is 3.34. The van der Waals surface area contributed by atoms with Gasteiger partial charge in [0.25, 0.3) is 11.5 Å². The van der Waals surface area contributed by atoms with Gasteiger partial charge >= 0.3 is 0 Å². The average Bonchev–Trinajstić information content (AvgIpc) is 2.66. The predicted molar refractivity (Wildman–Crippen MR) is 110 cm³/mol. The summed E-state index contributed by atoms with van der Waals surface area (Å²) in [6.45, 7) is 4.27. The van der Waals surface area contributed by atoms with E-state index in [1.54, 1.807) is 32.4 Å². The van der Waals surface area contributed by atoms with E-state index in [1.165, 1.54) is 0 Å². The van der Waals surface area contributed by atoms with Crippen LogP contribution in [0.15, 0.2) is 41.2 Å². The van der Waals surface area contributed by atoms with Crippen molar-refractivity contribution < 1.29 is 14.3 Å². The van der Waals surface area contributed by atoms with Crippen LogP contribution in [0.1, 0.15) is 27.0 Å². The predicted octanol–water partition coefficient (Wildman–Crippen LogP) is 3.13. The molecule has 0 aliphatic carbocycles. The maximum absolute atomic E-state index is 12.5. The Morgan fingerprint density at radius 3 is 2.29 bits per heavy atom. The maximum Gasteiger partial charge on any atom is 0.251 e. The first-order valence-electron chi connectivity index (χ1n) is 9.06. The number of carbonyl (C=O) groups excluding carboxylic acids is 1. The molecule has 2 N–H and O–H groups in total. The lowest BCUT2D eigenvalue weighted by molar-refractivity contribution is 0.0954. The molecule has 0 bridgehead atoms. The van der Waals surface area contributed by atoms with Gasteiger partial charge in [-0.3, -0.25) is 9.59 Å². The number of aryl methyl sites for hydroxylation is 2. The molecule has 28 heavy (non-hydrogen) atoms. The van der Waals surface area contributed by atoms with Crippen molar-refractivity contribution in [3.63, 3.8) is 0 Å². The largest absolute Gasteiger partial charge is 0.496 e. The summed E-state index contributed by atoms with van der Waals surface area (Å²) in [6.07, 6.45) is 0.405. The summed E-state index contributed by atoms with van der Waals surface area (Å²) in [6, 6.07) is 11.1. The van der Waals surface area contributed by atoms with Crippen LogP contribution >= 0.6 is 0 Å². The molecule has 0 radical (unpaired) electrons. The molecule has 6 nitrogen and oxygen atoms in total. The second kappa shape index (κ2) is 8.17. The molecule has 0 fully saturated rings. The van der Waals surface area contributed by atoms with E-state index in [4.69, 9.17) is 9.47 Å². The van der Waals surface area contributed by atoms with Crippen LogP contribution in [0.2, 0.25) is 0 Å². The monoisotopic (exact) mass is 380 g/mol. The van der Waals surface area contributed by atoms with E-state index in [0.717, 1.165) is 16.5 Å². The fraction of sp³-hybridized carbons (Fsp3) is 0.273. The Morgan fingerprint density at radius 1 is 1.00 bits per heavy atom. The van der Waals surface area contributed by atoms with Gasteiger partial charge in [0.05, 0.1) is 19.7 Å². The molecular weight excluding hydrogens is 356 g/mol. The highest BCUT2D eigenvalue weighted by Gasteiger charge is 2.12. The Morgan fingerprint density at radius 2 is 1.64 bits per heavy atom. The molecule has 1 heterocycles. The van der Waals surface area contributed by atoms with E-state index in [-0.39, 0.29) is 11.5 Å². The van der Waals surface area contributed by atoms with Gasteiger partial charge in [-0.05, 0) is 50.6 Å². The molecule has 6 heteroatoms. The summed E-state index contributed by atoms with van der Waals surface area (Å²) >= 11 is 0. The van der Waals surface area contributed by atoms with Gasteiger partial charge in [-0.25, -0.2) is 0 Å². The molecule has 0 aliphatic rings. The van der Waals surface area contributed by atoms with Gasteiger partial charge in [0.1, 0.15) is 11.5 Å². The summed E-state index contributed by atoms with van der Waals surface area (Å²) in [7, 11) is 3.13. The van der Waals surface area contributed by atoms with Crippen LogP contribution in [0.3, 0.4) is 0 Å². The van der Waals surface area contributed by atoms with E-state index in [2.05, 4.69) is 10.3 Å². The van der Waals surface area contributed by atoms with Crippen LogP contribution in [-0.2, 0) is 6.42 Å². The Kier molecular flexibility index (Phi) is 5.68. The minimum atomic E-state index is -0.209. The minimum Gasteiger partial charge on any atom is -0.496 e. The summed E-state index contributed by atoms with van der Waals surface area (Å²) in [5.41, 5.74) is 3.65. The fourth-order valence-corrected chi connectivity index (χ4v) is 3.34. The van der Waals surface area contributed by atoms with E-state index >= 15 is 0 Å². The van der Waals surface area contributed by atoms with E-state index < -0.39 is 0 Å². The first kappa shape index (κ1) is 19.5. The Hall–Kier alpha value is -3.28. The van der Waals surface area contributed by atoms with Crippen molar-refractivity contribution in [2.75, 3.05) is 20.8 Å². The summed E-state index contributed by atoms with van der Waals surface area (Å²) < 4.78 is 10.7. The molecule has 1 amide bonds.